The van der Waals surface area contributed by atoms with Crippen molar-refractivity contribution >= 4 is 12.0 Å². The van der Waals surface area contributed by atoms with Gasteiger partial charge in [-0.2, -0.15) is 13.2 Å². The van der Waals surface area contributed by atoms with Crippen molar-refractivity contribution < 1.29 is 27.9 Å². The minimum absolute atomic E-state index is 0.0814. The Morgan fingerprint density at radius 3 is 1.94 bits per heavy atom. The molecule has 0 atom stereocenters. The van der Waals surface area contributed by atoms with Crippen LogP contribution in [0.4, 0.5) is 18.0 Å². The van der Waals surface area contributed by atoms with Crippen LogP contribution in [-0.4, -0.2) is 59.3 Å². The van der Waals surface area contributed by atoms with Gasteiger partial charge in [0, 0.05) is 19.6 Å². The Hall–Kier alpha value is -1.47. The number of nitrogens with zero attached hydrogens (tertiary/aromatic N) is 2. The normalized spacial score (nSPS) is 11.2. The summed E-state index contributed by atoms with van der Waals surface area (Å²) in [5.41, 5.74) is 0. The van der Waals surface area contributed by atoms with E-state index in [-0.39, 0.29) is 26.1 Å². The number of amides is 2. The van der Waals surface area contributed by atoms with Crippen LogP contribution < -0.4 is 0 Å². The predicted molar refractivity (Wildman–Crippen MR) is 58.2 cm³/mol. The van der Waals surface area contributed by atoms with Gasteiger partial charge in [-0.05, 0) is 13.8 Å². The van der Waals surface area contributed by atoms with E-state index in [0.29, 0.717) is 4.90 Å². The molecule has 0 aliphatic rings. The third kappa shape index (κ3) is 6.31. The molecule has 0 radical (unpaired) electrons. The topological polar surface area (TPSA) is 60.9 Å². The maximum Gasteiger partial charge on any atom is 0.406 e. The standard InChI is InChI=1S/C10H17F3N2O3/c1-3-14(6-5-8(16)17)9(18)15(4-2)7-10(11,12)13/h3-7H2,1-2H3,(H,16,17). The van der Waals surface area contributed by atoms with Crippen LogP contribution in [-0.2, 0) is 4.79 Å². The third-order valence-electron chi connectivity index (χ3n) is 2.27. The Morgan fingerprint density at radius 2 is 1.61 bits per heavy atom. The first-order valence-corrected chi connectivity index (χ1v) is 5.53. The van der Waals surface area contributed by atoms with Crippen molar-refractivity contribution in [3.8, 4) is 0 Å². The van der Waals surface area contributed by atoms with Gasteiger partial charge in [0.05, 0.1) is 6.42 Å². The zero-order chi connectivity index (χ0) is 14.3. The first-order chi connectivity index (χ1) is 8.21. The monoisotopic (exact) mass is 270 g/mol. The zero-order valence-corrected chi connectivity index (χ0v) is 10.3. The summed E-state index contributed by atoms with van der Waals surface area (Å²) in [6.07, 6.45) is -4.75. The summed E-state index contributed by atoms with van der Waals surface area (Å²) in [6, 6.07) is -0.793. The number of carbonyl (C=O) groups excluding carboxylic acids is 1. The molecule has 0 aliphatic heterocycles. The van der Waals surface area contributed by atoms with Gasteiger partial charge in [0.15, 0.2) is 0 Å². The van der Waals surface area contributed by atoms with Crippen molar-refractivity contribution in [2.75, 3.05) is 26.2 Å². The van der Waals surface area contributed by atoms with Gasteiger partial charge in [0.25, 0.3) is 0 Å². The molecule has 0 fully saturated rings. The van der Waals surface area contributed by atoms with E-state index in [1.165, 1.54) is 6.92 Å². The summed E-state index contributed by atoms with van der Waals surface area (Å²) < 4.78 is 36.7. The minimum atomic E-state index is -4.46. The molecule has 0 bridgehead atoms. The van der Waals surface area contributed by atoms with Crippen LogP contribution >= 0.6 is 0 Å². The van der Waals surface area contributed by atoms with E-state index in [1.807, 2.05) is 0 Å². The number of hydrogen-bond acceptors (Lipinski definition) is 2. The van der Waals surface area contributed by atoms with Crippen LogP contribution in [0.5, 0.6) is 0 Å². The number of rotatable bonds is 6. The van der Waals surface area contributed by atoms with Crippen molar-refractivity contribution in [3.05, 3.63) is 0 Å². The number of urea groups is 1. The van der Waals surface area contributed by atoms with E-state index in [9.17, 15) is 22.8 Å². The molecule has 8 heteroatoms. The number of carbonyl (C=O) groups is 2. The van der Waals surface area contributed by atoms with E-state index in [1.54, 1.807) is 6.92 Å². The molecule has 0 saturated carbocycles. The second kappa shape index (κ2) is 7.07. The molecule has 0 rings (SSSR count). The minimum Gasteiger partial charge on any atom is -0.481 e. The summed E-state index contributed by atoms with van der Waals surface area (Å²) in [5.74, 6) is -1.10. The smallest absolute Gasteiger partial charge is 0.406 e. The lowest BCUT2D eigenvalue weighted by molar-refractivity contribution is -0.141. The summed E-state index contributed by atoms with van der Waals surface area (Å²) in [4.78, 5) is 23.9. The number of aliphatic carboxylic acids is 1. The molecule has 2 amide bonds. The van der Waals surface area contributed by atoms with Crippen LogP contribution in [0.3, 0.4) is 0 Å². The quantitative estimate of drug-likeness (QED) is 0.800. The summed E-state index contributed by atoms with van der Waals surface area (Å²) in [5, 5.41) is 8.49. The van der Waals surface area contributed by atoms with Crippen LogP contribution in [0.2, 0.25) is 0 Å². The van der Waals surface area contributed by atoms with E-state index >= 15 is 0 Å². The number of hydrogen-bond donors (Lipinski definition) is 1. The van der Waals surface area contributed by atoms with E-state index in [2.05, 4.69) is 0 Å². The maximum absolute atomic E-state index is 12.2. The maximum atomic E-state index is 12.2. The average Bonchev–Trinajstić information content (AvgIpc) is 2.24. The fourth-order valence-electron chi connectivity index (χ4n) is 1.35. The Kier molecular flexibility index (Phi) is 6.50. The summed E-state index contributed by atoms with van der Waals surface area (Å²) >= 11 is 0. The lowest BCUT2D eigenvalue weighted by Crippen LogP contribution is -2.47. The molecule has 18 heavy (non-hydrogen) atoms. The van der Waals surface area contributed by atoms with Crippen molar-refractivity contribution in [1.29, 1.82) is 0 Å². The molecule has 0 aliphatic carbocycles. The molecular formula is C10H17F3N2O3. The van der Waals surface area contributed by atoms with Crippen LogP contribution in [0.15, 0.2) is 0 Å². The molecule has 0 aromatic carbocycles. The number of carboxylic acids is 1. The molecule has 0 heterocycles. The van der Waals surface area contributed by atoms with Gasteiger partial charge in [0.2, 0.25) is 0 Å². The van der Waals surface area contributed by atoms with E-state index in [4.69, 9.17) is 5.11 Å². The molecule has 0 unspecified atom stereocenters. The fraction of sp³-hybridized carbons (Fsp3) is 0.800. The zero-order valence-electron chi connectivity index (χ0n) is 10.3. The largest absolute Gasteiger partial charge is 0.481 e. The van der Waals surface area contributed by atoms with Crippen molar-refractivity contribution in [2.24, 2.45) is 0 Å². The highest BCUT2D eigenvalue weighted by Gasteiger charge is 2.33. The lowest BCUT2D eigenvalue weighted by atomic mass is 10.4. The molecule has 0 aromatic heterocycles. The van der Waals surface area contributed by atoms with Gasteiger partial charge < -0.3 is 14.9 Å². The molecular weight excluding hydrogens is 253 g/mol. The lowest BCUT2D eigenvalue weighted by Gasteiger charge is -2.29. The van der Waals surface area contributed by atoms with Crippen LogP contribution in [0.1, 0.15) is 20.3 Å². The first-order valence-electron chi connectivity index (χ1n) is 5.53. The highest BCUT2D eigenvalue weighted by molar-refractivity contribution is 5.75. The second-order valence-corrected chi connectivity index (χ2v) is 3.64. The highest BCUT2D eigenvalue weighted by Crippen LogP contribution is 2.17. The van der Waals surface area contributed by atoms with Crippen LogP contribution in [0.25, 0.3) is 0 Å². The molecule has 0 aromatic rings. The third-order valence-corrected chi connectivity index (χ3v) is 2.27. The first kappa shape index (κ1) is 16.5. The van der Waals surface area contributed by atoms with Gasteiger partial charge in [-0.1, -0.05) is 0 Å². The second-order valence-electron chi connectivity index (χ2n) is 3.64. The van der Waals surface area contributed by atoms with Gasteiger partial charge in [-0.25, -0.2) is 4.79 Å². The Balaban J connectivity index is 4.57. The number of carboxylic acid groups (broad SMARTS) is 1. The van der Waals surface area contributed by atoms with Crippen molar-refractivity contribution in [1.82, 2.24) is 9.80 Å². The highest BCUT2D eigenvalue weighted by atomic mass is 19.4. The van der Waals surface area contributed by atoms with Gasteiger partial charge in [-0.3, -0.25) is 4.79 Å². The summed E-state index contributed by atoms with van der Waals surface area (Å²) in [6.45, 7) is 1.68. The Bertz CT molecular complexity index is 295. The molecule has 1 N–H and O–H groups in total. The molecule has 0 saturated heterocycles. The Labute approximate surface area is 103 Å². The van der Waals surface area contributed by atoms with Crippen LogP contribution in [0, 0.1) is 0 Å². The Morgan fingerprint density at radius 1 is 1.11 bits per heavy atom. The molecule has 106 valence electrons. The average molecular weight is 270 g/mol. The number of alkyl halides is 3. The molecule has 0 spiro atoms. The van der Waals surface area contributed by atoms with Gasteiger partial charge in [-0.15, -0.1) is 0 Å². The summed E-state index contributed by atoms with van der Waals surface area (Å²) in [7, 11) is 0. The predicted octanol–water partition coefficient (Wildman–Crippen LogP) is 1.79. The van der Waals surface area contributed by atoms with Gasteiger partial charge in [0.1, 0.15) is 6.54 Å². The number of halogens is 3. The molecule has 5 nitrogen and oxygen atoms in total. The van der Waals surface area contributed by atoms with Gasteiger partial charge >= 0.3 is 18.2 Å². The SMILES string of the molecule is CCN(CCC(=O)O)C(=O)N(CC)CC(F)(F)F. The van der Waals surface area contributed by atoms with E-state index < -0.39 is 24.7 Å². The van der Waals surface area contributed by atoms with E-state index in [0.717, 1.165) is 4.90 Å². The van der Waals surface area contributed by atoms with Crippen molar-refractivity contribution in [3.63, 3.8) is 0 Å². The van der Waals surface area contributed by atoms with Crippen molar-refractivity contribution in [2.45, 2.75) is 26.4 Å². The fourth-order valence-corrected chi connectivity index (χ4v) is 1.35.